The first kappa shape index (κ1) is 25.6. The number of anilines is 1. The van der Waals surface area contributed by atoms with Gasteiger partial charge in [-0.1, -0.05) is 30.3 Å². The van der Waals surface area contributed by atoms with Crippen molar-refractivity contribution in [2.24, 2.45) is 0 Å². The Bertz CT molecular complexity index is 1010. The Morgan fingerprint density at radius 1 is 1.03 bits per heavy atom. The molecule has 3 rings (SSSR count). The number of nitrogens with one attached hydrogen (secondary N) is 1. The molecule has 1 N–H and O–H groups in total. The van der Waals surface area contributed by atoms with E-state index in [9.17, 15) is 27.2 Å². The second kappa shape index (κ2) is 11.0. The van der Waals surface area contributed by atoms with Crippen LogP contribution in [0.2, 0.25) is 0 Å². The molecule has 1 aliphatic heterocycles. The molecule has 2 amide bonds. The van der Waals surface area contributed by atoms with Crippen molar-refractivity contribution in [1.29, 1.82) is 0 Å². The standard InChI is InChI=1S/C24H28F4N4O2/c1-17(32-13-11-31(12-14-32)15-18-7-3-5-9-20(18)25)23(34)30(2)16-22(33)29-21-10-6-4-8-19(21)24(26,27)28/h3-10,17H,11-16H2,1-2H3,(H,29,33). The molecule has 6 nitrogen and oxygen atoms in total. The van der Waals surface area contributed by atoms with Gasteiger partial charge in [-0.3, -0.25) is 19.4 Å². The molecule has 0 bridgehead atoms. The van der Waals surface area contributed by atoms with Gasteiger partial charge in [0.25, 0.3) is 0 Å². The number of nitrogens with zero attached hydrogens (tertiary/aromatic N) is 3. The average molecular weight is 481 g/mol. The number of amides is 2. The minimum atomic E-state index is -4.60. The Morgan fingerprint density at radius 2 is 1.65 bits per heavy atom. The Kier molecular flexibility index (Phi) is 8.27. The van der Waals surface area contributed by atoms with Gasteiger partial charge < -0.3 is 10.2 Å². The summed E-state index contributed by atoms with van der Waals surface area (Å²) in [4.78, 5) is 30.5. The molecular formula is C24H28F4N4O2. The Morgan fingerprint density at radius 3 is 2.29 bits per heavy atom. The minimum absolute atomic E-state index is 0.244. The summed E-state index contributed by atoms with van der Waals surface area (Å²) in [5, 5.41) is 2.25. The zero-order chi connectivity index (χ0) is 24.9. The van der Waals surface area contributed by atoms with Gasteiger partial charge in [-0.2, -0.15) is 13.2 Å². The highest BCUT2D eigenvalue weighted by Crippen LogP contribution is 2.34. The van der Waals surface area contributed by atoms with Crippen molar-refractivity contribution < 1.29 is 27.2 Å². The molecule has 34 heavy (non-hydrogen) atoms. The van der Waals surface area contributed by atoms with Gasteiger partial charge in [-0.05, 0) is 25.1 Å². The van der Waals surface area contributed by atoms with Crippen LogP contribution in [0.3, 0.4) is 0 Å². The number of hydrogen-bond donors (Lipinski definition) is 1. The average Bonchev–Trinajstić information content (AvgIpc) is 2.79. The first-order valence-electron chi connectivity index (χ1n) is 11.0. The molecule has 1 aliphatic rings. The van der Waals surface area contributed by atoms with Crippen LogP contribution in [-0.2, 0) is 22.3 Å². The van der Waals surface area contributed by atoms with Gasteiger partial charge in [-0.25, -0.2) is 4.39 Å². The molecule has 0 radical (unpaired) electrons. The van der Waals surface area contributed by atoms with Gasteiger partial charge in [-0.15, -0.1) is 0 Å². The van der Waals surface area contributed by atoms with Crippen molar-refractivity contribution in [3.63, 3.8) is 0 Å². The maximum atomic E-state index is 13.9. The van der Waals surface area contributed by atoms with Crippen LogP contribution in [0.25, 0.3) is 0 Å². The quantitative estimate of drug-likeness (QED) is 0.617. The van der Waals surface area contributed by atoms with Crippen LogP contribution in [0.1, 0.15) is 18.1 Å². The van der Waals surface area contributed by atoms with Crippen LogP contribution >= 0.6 is 0 Å². The summed E-state index contributed by atoms with van der Waals surface area (Å²) in [6.07, 6.45) is -4.60. The third-order valence-corrected chi connectivity index (χ3v) is 5.93. The van der Waals surface area contributed by atoms with E-state index in [-0.39, 0.29) is 24.0 Å². The van der Waals surface area contributed by atoms with E-state index in [2.05, 4.69) is 10.2 Å². The lowest BCUT2D eigenvalue weighted by atomic mass is 10.1. The van der Waals surface area contributed by atoms with Gasteiger partial charge in [0, 0.05) is 45.3 Å². The summed E-state index contributed by atoms with van der Waals surface area (Å²) in [5.41, 5.74) is -0.670. The number of likely N-dealkylation sites (N-methyl/N-ethyl adjacent to an activating group) is 1. The molecule has 1 heterocycles. The van der Waals surface area contributed by atoms with E-state index in [1.807, 2.05) is 4.90 Å². The van der Waals surface area contributed by atoms with E-state index in [1.54, 1.807) is 25.1 Å². The third-order valence-electron chi connectivity index (χ3n) is 5.93. The minimum Gasteiger partial charge on any atom is -0.335 e. The number of piperazine rings is 1. The molecule has 10 heteroatoms. The summed E-state index contributed by atoms with van der Waals surface area (Å²) in [6.45, 7) is 4.36. The van der Waals surface area contributed by atoms with Crippen LogP contribution in [0.4, 0.5) is 23.2 Å². The fourth-order valence-electron chi connectivity index (χ4n) is 3.97. The Balaban J connectivity index is 1.50. The second-order valence-electron chi connectivity index (χ2n) is 8.37. The molecule has 0 aromatic heterocycles. The highest BCUT2D eigenvalue weighted by atomic mass is 19.4. The van der Waals surface area contributed by atoms with Crippen LogP contribution in [0.15, 0.2) is 48.5 Å². The number of hydrogen-bond acceptors (Lipinski definition) is 4. The topological polar surface area (TPSA) is 55.9 Å². The largest absolute Gasteiger partial charge is 0.418 e. The Hall–Kier alpha value is -2.98. The lowest BCUT2D eigenvalue weighted by Crippen LogP contribution is -2.54. The number of halogens is 4. The van der Waals surface area contributed by atoms with Crippen molar-refractivity contribution in [2.45, 2.75) is 25.7 Å². The highest BCUT2D eigenvalue weighted by Gasteiger charge is 2.34. The number of alkyl halides is 3. The van der Waals surface area contributed by atoms with E-state index in [0.29, 0.717) is 38.3 Å². The smallest absolute Gasteiger partial charge is 0.335 e. The van der Waals surface area contributed by atoms with Gasteiger partial charge in [0.1, 0.15) is 5.82 Å². The van der Waals surface area contributed by atoms with Crippen molar-refractivity contribution >= 4 is 17.5 Å². The molecular weight excluding hydrogens is 452 g/mol. The van der Waals surface area contributed by atoms with E-state index < -0.39 is 23.7 Å². The molecule has 0 saturated carbocycles. The van der Waals surface area contributed by atoms with Crippen LogP contribution in [0, 0.1) is 5.82 Å². The molecule has 2 aromatic rings. The molecule has 0 spiro atoms. The summed E-state index contributed by atoms with van der Waals surface area (Å²) in [5.74, 6) is -1.26. The maximum Gasteiger partial charge on any atom is 0.418 e. The predicted octanol–water partition coefficient (Wildman–Crippen LogP) is 3.45. The summed E-state index contributed by atoms with van der Waals surface area (Å²) in [7, 11) is 1.45. The Labute approximate surface area is 196 Å². The van der Waals surface area contributed by atoms with E-state index in [4.69, 9.17) is 0 Å². The number of rotatable bonds is 7. The zero-order valence-electron chi connectivity index (χ0n) is 19.1. The summed E-state index contributed by atoms with van der Waals surface area (Å²) >= 11 is 0. The number of carbonyl (C=O) groups is 2. The third kappa shape index (κ3) is 6.54. The summed E-state index contributed by atoms with van der Waals surface area (Å²) < 4.78 is 53.3. The van der Waals surface area contributed by atoms with Gasteiger partial charge in [0.05, 0.1) is 23.8 Å². The number of para-hydroxylation sites is 1. The van der Waals surface area contributed by atoms with E-state index in [0.717, 1.165) is 6.07 Å². The first-order chi connectivity index (χ1) is 16.1. The van der Waals surface area contributed by atoms with Crippen LogP contribution in [0.5, 0.6) is 0 Å². The van der Waals surface area contributed by atoms with Crippen molar-refractivity contribution in [2.75, 3.05) is 45.1 Å². The monoisotopic (exact) mass is 480 g/mol. The van der Waals surface area contributed by atoms with Crippen molar-refractivity contribution in [3.05, 3.63) is 65.5 Å². The SMILES string of the molecule is CC(C(=O)N(C)CC(=O)Nc1ccccc1C(F)(F)F)N1CCN(Cc2ccccc2F)CC1. The highest BCUT2D eigenvalue weighted by molar-refractivity contribution is 5.95. The van der Waals surface area contributed by atoms with Gasteiger partial charge >= 0.3 is 6.18 Å². The van der Waals surface area contributed by atoms with Crippen LogP contribution in [-0.4, -0.2) is 72.3 Å². The maximum absolute atomic E-state index is 13.9. The van der Waals surface area contributed by atoms with Crippen LogP contribution < -0.4 is 5.32 Å². The van der Waals surface area contributed by atoms with Crippen molar-refractivity contribution in [1.82, 2.24) is 14.7 Å². The molecule has 1 unspecified atom stereocenters. The first-order valence-corrected chi connectivity index (χ1v) is 11.0. The molecule has 2 aromatic carbocycles. The predicted molar refractivity (Wildman–Crippen MR) is 120 cm³/mol. The lowest BCUT2D eigenvalue weighted by Gasteiger charge is -2.38. The fraction of sp³-hybridized carbons (Fsp3) is 0.417. The van der Waals surface area contributed by atoms with Crippen molar-refractivity contribution in [3.8, 4) is 0 Å². The molecule has 1 saturated heterocycles. The summed E-state index contributed by atoms with van der Waals surface area (Å²) in [6, 6.07) is 10.8. The zero-order valence-corrected chi connectivity index (χ0v) is 19.1. The fourth-order valence-corrected chi connectivity index (χ4v) is 3.97. The lowest BCUT2D eigenvalue weighted by molar-refractivity contribution is -0.139. The molecule has 184 valence electrons. The number of carbonyl (C=O) groups excluding carboxylic acids is 2. The molecule has 1 fully saturated rings. The van der Waals surface area contributed by atoms with Gasteiger partial charge in [0.15, 0.2) is 0 Å². The van der Waals surface area contributed by atoms with E-state index in [1.165, 1.54) is 36.2 Å². The molecule has 0 aliphatic carbocycles. The van der Waals surface area contributed by atoms with Gasteiger partial charge in [0.2, 0.25) is 11.8 Å². The number of benzene rings is 2. The second-order valence-corrected chi connectivity index (χ2v) is 8.37. The molecule has 1 atom stereocenters. The van der Waals surface area contributed by atoms with E-state index >= 15 is 0 Å². The normalized spacial score (nSPS) is 16.2.